The Morgan fingerprint density at radius 1 is 1.42 bits per heavy atom. The van der Waals surface area contributed by atoms with Crippen molar-refractivity contribution in [2.75, 3.05) is 18.0 Å². The topological polar surface area (TPSA) is 102 Å². The van der Waals surface area contributed by atoms with Crippen LogP contribution >= 0.6 is 11.3 Å². The number of sulfonamides is 1. The number of hydrogen-bond acceptors (Lipinski definition) is 6. The molecule has 0 fully saturated rings. The van der Waals surface area contributed by atoms with E-state index in [1.54, 1.807) is 5.38 Å². The summed E-state index contributed by atoms with van der Waals surface area (Å²) in [7, 11) is -2.06. The quantitative estimate of drug-likeness (QED) is 0.767. The maximum absolute atomic E-state index is 11.8. The lowest BCUT2D eigenvalue weighted by molar-refractivity contribution is -0.128. The summed E-state index contributed by atoms with van der Waals surface area (Å²) in [4.78, 5) is 23.1. The number of anilines is 1. The standard InChI is InChI=1S/C10H14N2O5S2/c1-6(9(13)11-2)17-10(14)8-7(4-5-18-8)12-19(3,15)16/h4-6,12H,1-3H3,(H,11,13). The van der Waals surface area contributed by atoms with E-state index >= 15 is 0 Å². The molecule has 1 unspecified atom stereocenters. The molecule has 9 heteroatoms. The highest BCUT2D eigenvalue weighted by Crippen LogP contribution is 2.24. The van der Waals surface area contributed by atoms with Crippen molar-refractivity contribution in [3.05, 3.63) is 16.3 Å². The van der Waals surface area contributed by atoms with E-state index in [1.807, 2.05) is 0 Å². The molecule has 2 N–H and O–H groups in total. The van der Waals surface area contributed by atoms with E-state index in [2.05, 4.69) is 10.0 Å². The predicted octanol–water partition coefficient (Wildman–Crippen LogP) is 0.411. The van der Waals surface area contributed by atoms with Crippen LogP contribution in [0.2, 0.25) is 0 Å². The van der Waals surface area contributed by atoms with Gasteiger partial charge in [0.05, 0.1) is 11.9 Å². The monoisotopic (exact) mass is 306 g/mol. The Labute approximate surface area is 115 Å². The fraction of sp³-hybridized carbons (Fsp3) is 0.400. The van der Waals surface area contributed by atoms with E-state index in [-0.39, 0.29) is 10.6 Å². The van der Waals surface area contributed by atoms with Crippen LogP contribution in [0.3, 0.4) is 0 Å². The third-order valence-electron chi connectivity index (χ3n) is 2.05. The summed E-state index contributed by atoms with van der Waals surface area (Å²) in [6, 6.07) is 1.45. The first-order valence-electron chi connectivity index (χ1n) is 5.22. The van der Waals surface area contributed by atoms with Crippen molar-refractivity contribution in [1.29, 1.82) is 0 Å². The number of ether oxygens (including phenoxy) is 1. The van der Waals surface area contributed by atoms with Gasteiger partial charge in [-0.25, -0.2) is 13.2 Å². The molecule has 106 valence electrons. The number of likely N-dealkylation sites (N-methyl/N-ethyl adjacent to an activating group) is 1. The molecule has 1 aromatic rings. The van der Waals surface area contributed by atoms with Crippen molar-refractivity contribution in [3.8, 4) is 0 Å². The number of rotatable bonds is 5. The van der Waals surface area contributed by atoms with E-state index in [9.17, 15) is 18.0 Å². The molecule has 7 nitrogen and oxygen atoms in total. The number of esters is 1. The first-order chi connectivity index (χ1) is 8.74. The average Bonchev–Trinajstić information content (AvgIpc) is 2.73. The minimum atomic E-state index is -3.48. The van der Waals surface area contributed by atoms with Crippen molar-refractivity contribution in [3.63, 3.8) is 0 Å². The Kier molecular flexibility index (Phi) is 4.90. The lowest BCUT2D eigenvalue weighted by atomic mass is 10.3. The van der Waals surface area contributed by atoms with Gasteiger partial charge in [0.1, 0.15) is 4.88 Å². The van der Waals surface area contributed by atoms with Gasteiger partial charge in [0.15, 0.2) is 6.10 Å². The van der Waals surface area contributed by atoms with Crippen LogP contribution in [-0.4, -0.2) is 39.7 Å². The van der Waals surface area contributed by atoms with Crippen molar-refractivity contribution in [2.45, 2.75) is 13.0 Å². The largest absolute Gasteiger partial charge is 0.448 e. The number of carbonyl (C=O) groups is 2. The fourth-order valence-electron chi connectivity index (χ4n) is 1.22. The zero-order valence-electron chi connectivity index (χ0n) is 10.6. The van der Waals surface area contributed by atoms with Gasteiger partial charge in [-0.1, -0.05) is 0 Å². The summed E-state index contributed by atoms with van der Waals surface area (Å²) in [5, 5.41) is 3.89. The summed E-state index contributed by atoms with van der Waals surface area (Å²) < 4.78 is 29.4. The zero-order chi connectivity index (χ0) is 14.6. The smallest absolute Gasteiger partial charge is 0.351 e. The third-order valence-corrected chi connectivity index (χ3v) is 3.53. The van der Waals surface area contributed by atoms with Crippen LogP contribution in [0.1, 0.15) is 16.6 Å². The van der Waals surface area contributed by atoms with Gasteiger partial charge in [-0.2, -0.15) is 0 Å². The van der Waals surface area contributed by atoms with Crippen LogP contribution in [0.25, 0.3) is 0 Å². The molecule has 0 aliphatic carbocycles. The normalized spacial score (nSPS) is 12.6. The molecule has 19 heavy (non-hydrogen) atoms. The maximum Gasteiger partial charge on any atom is 0.351 e. The fourth-order valence-corrected chi connectivity index (χ4v) is 2.58. The number of nitrogens with one attached hydrogen (secondary N) is 2. The van der Waals surface area contributed by atoms with Crippen LogP contribution in [0, 0.1) is 0 Å². The highest BCUT2D eigenvalue weighted by atomic mass is 32.2. The minimum absolute atomic E-state index is 0.0983. The molecule has 0 aliphatic rings. The average molecular weight is 306 g/mol. The van der Waals surface area contributed by atoms with Crippen LogP contribution in [0.5, 0.6) is 0 Å². The lowest BCUT2D eigenvalue weighted by Crippen LogP contribution is -2.33. The van der Waals surface area contributed by atoms with Crippen LogP contribution in [-0.2, 0) is 19.6 Å². The molecule has 0 spiro atoms. The summed E-state index contributed by atoms with van der Waals surface area (Å²) in [5.41, 5.74) is 0.140. The van der Waals surface area contributed by atoms with Crippen molar-refractivity contribution in [1.82, 2.24) is 5.32 Å². The van der Waals surface area contributed by atoms with Crippen LogP contribution in [0.4, 0.5) is 5.69 Å². The first-order valence-corrected chi connectivity index (χ1v) is 7.99. The molecule has 1 heterocycles. The summed E-state index contributed by atoms with van der Waals surface area (Å²) in [5.74, 6) is -1.19. The lowest BCUT2D eigenvalue weighted by Gasteiger charge is -2.11. The highest BCUT2D eigenvalue weighted by molar-refractivity contribution is 7.92. The van der Waals surface area contributed by atoms with Gasteiger partial charge < -0.3 is 10.1 Å². The van der Waals surface area contributed by atoms with Crippen molar-refractivity contribution in [2.24, 2.45) is 0 Å². The Morgan fingerprint density at radius 2 is 2.05 bits per heavy atom. The third kappa shape index (κ3) is 4.52. The molecular weight excluding hydrogens is 292 g/mol. The molecule has 0 aliphatic heterocycles. The molecular formula is C10H14N2O5S2. The molecule has 0 bridgehead atoms. The van der Waals surface area contributed by atoms with E-state index < -0.39 is 28.0 Å². The maximum atomic E-state index is 11.8. The zero-order valence-corrected chi connectivity index (χ0v) is 12.2. The Hall–Kier alpha value is -1.61. The van der Waals surface area contributed by atoms with E-state index in [0.29, 0.717) is 0 Å². The minimum Gasteiger partial charge on any atom is -0.448 e. The van der Waals surface area contributed by atoms with Gasteiger partial charge in [0.25, 0.3) is 5.91 Å². The van der Waals surface area contributed by atoms with Crippen LogP contribution < -0.4 is 10.0 Å². The van der Waals surface area contributed by atoms with E-state index in [1.165, 1.54) is 20.0 Å². The second-order valence-electron chi connectivity index (χ2n) is 3.70. The van der Waals surface area contributed by atoms with Gasteiger partial charge in [-0.15, -0.1) is 11.3 Å². The first kappa shape index (κ1) is 15.4. The molecule has 0 saturated carbocycles. The molecule has 0 radical (unpaired) electrons. The number of amides is 1. The van der Waals surface area contributed by atoms with Crippen LogP contribution in [0.15, 0.2) is 11.4 Å². The predicted molar refractivity (Wildman–Crippen MR) is 71.7 cm³/mol. The Balaban J connectivity index is 2.84. The van der Waals surface area contributed by atoms with Crippen molar-refractivity contribution >= 4 is 38.9 Å². The number of thiophene rings is 1. The SMILES string of the molecule is CNC(=O)C(C)OC(=O)c1sccc1NS(C)(=O)=O. The highest BCUT2D eigenvalue weighted by Gasteiger charge is 2.22. The van der Waals surface area contributed by atoms with Gasteiger partial charge in [0.2, 0.25) is 10.0 Å². The van der Waals surface area contributed by atoms with Gasteiger partial charge in [-0.05, 0) is 18.4 Å². The summed E-state index contributed by atoms with van der Waals surface area (Å²) in [6.45, 7) is 1.42. The summed E-state index contributed by atoms with van der Waals surface area (Å²) in [6.07, 6.45) is 0.0260. The molecule has 0 aromatic carbocycles. The molecule has 1 aromatic heterocycles. The van der Waals surface area contributed by atoms with Gasteiger partial charge >= 0.3 is 5.97 Å². The molecule has 0 saturated heterocycles. The van der Waals surface area contributed by atoms with E-state index in [0.717, 1.165) is 17.6 Å². The second kappa shape index (κ2) is 6.02. The Morgan fingerprint density at radius 3 is 2.58 bits per heavy atom. The van der Waals surface area contributed by atoms with Gasteiger partial charge in [0, 0.05) is 7.05 Å². The van der Waals surface area contributed by atoms with Gasteiger partial charge in [-0.3, -0.25) is 9.52 Å². The number of hydrogen-bond donors (Lipinski definition) is 2. The molecule has 1 amide bonds. The van der Waals surface area contributed by atoms with E-state index in [4.69, 9.17) is 4.74 Å². The Bertz CT molecular complexity index is 578. The molecule has 1 rings (SSSR count). The number of carbonyl (C=O) groups excluding carboxylic acids is 2. The summed E-state index contributed by atoms with van der Waals surface area (Å²) >= 11 is 1.03. The van der Waals surface area contributed by atoms with Crippen molar-refractivity contribution < 1.29 is 22.7 Å². The molecule has 1 atom stereocenters. The second-order valence-corrected chi connectivity index (χ2v) is 6.36.